The average Bonchev–Trinajstić information content (AvgIpc) is 2.61. The summed E-state index contributed by atoms with van der Waals surface area (Å²) >= 11 is 0. The van der Waals surface area contributed by atoms with E-state index in [0.29, 0.717) is 10.8 Å². The Bertz CT molecular complexity index is 1260. The topological polar surface area (TPSA) is 115 Å². The highest BCUT2D eigenvalue weighted by Crippen LogP contribution is 2.43. The molecule has 24 heavy (non-hydrogen) atoms. The van der Waals surface area contributed by atoms with Crippen molar-refractivity contribution in [2.45, 2.75) is 0 Å². The van der Waals surface area contributed by atoms with Gasteiger partial charge in [-0.15, -0.1) is 0 Å². The van der Waals surface area contributed by atoms with Crippen molar-refractivity contribution in [3.63, 3.8) is 0 Å². The number of rotatable bonds is 0. The molecular formula is C18H10O6. The molecule has 0 radical (unpaired) electrons. The average molecular weight is 322 g/mol. The van der Waals surface area contributed by atoms with Crippen molar-refractivity contribution in [2.24, 2.45) is 0 Å². The van der Waals surface area contributed by atoms with Crippen LogP contribution in [0.5, 0.6) is 11.5 Å². The standard InChI is InChI=1S/C18H10O6/c19-5-7-1-9-13-10(2-7)17(23)18(24)12-4-8(6-20)3-11(14(12)13)16(22)15(9)21/h1-6,19-22H/b7-5-,8-6+. The van der Waals surface area contributed by atoms with E-state index in [-0.39, 0.29) is 32.0 Å². The molecule has 6 heteroatoms. The van der Waals surface area contributed by atoms with Crippen molar-refractivity contribution < 1.29 is 20.4 Å². The maximum Gasteiger partial charge on any atom is 0.234 e. The first-order valence-electron chi connectivity index (χ1n) is 7.01. The summed E-state index contributed by atoms with van der Waals surface area (Å²) in [5.41, 5.74) is -1.56. The SMILES string of the molecule is O=c1c(=O)c2c/c(=C/O)cc3c(O)c(O)c4c/c(=C/O)cc1c4c32. The van der Waals surface area contributed by atoms with Crippen LogP contribution in [0.1, 0.15) is 0 Å². The lowest BCUT2D eigenvalue weighted by Crippen LogP contribution is -2.26. The number of aliphatic hydroxyl groups is 2. The zero-order valence-corrected chi connectivity index (χ0v) is 12.1. The summed E-state index contributed by atoms with van der Waals surface area (Å²) in [6, 6.07) is 5.53. The summed E-state index contributed by atoms with van der Waals surface area (Å²) in [7, 11) is 0. The molecule has 0 heterocycles. The van der Waals surface area contributed by atoms with Gasteiger partial charge in [0.15, 0.2) is 11.5 Å². The van der Waals surface area contributed by atoms with Crippen LogP contribution in [-0.2, 0) is 0 Å². The molecule has 118 valence electrons. The van der Waals surface area contributed by atoms with Crippen molar-refractivity contribution in [3.05, 3.63) is 55.1 Å². The predicted molar refractivity (Wildman–Crippen MR) is 90.6 cm³/mol. The van der Waals surface area contributed by atoms with Crippen LogP contribution < -0.4 is 21.3 Å². The molecule has 6 nitrogen and oxygen atoms in total. The summed E-state index contributed by atoms with van der Waals surface area (Å²) in [6.45, 7) is 0. The number of benzene rings is 4. The van der Waals surface area contributed by atoms with E-state index in [0.717, 1.165) is 12.5 Å². The Hall–Kier alpha value is -3.54. The molecule has 0 spiro atoms. The van der Waals surface area contributed by atoms with Crippen LogP contribution in [-0.4, -0.2) is 20.4 Å². The minimum Gasteiger partial charge on any atom is -0.515 e. The van der Waals surface area contributed by atoms with E-state index in [2.05, 4.69) is 0 Å². The molecule has 4 N–H and O–H groups in total. The van der Waals surface area contributed by atoms with Crippen LogP contribution in [0.4, 0.5) is 0 Å². The minimum atomic E-state index is -0.780. The van der Waals surface area contributed by atoms with Gasteiger partial charge in [0.05, 0.1) is 12.5 Å². The molecule has 0 bridgehead atoms. The lowest BCUT2D eigenvalue weighted by atomic mass is 9.91. The maximum absolute atomic E-state index is 12.4. The lowest BCUT2D eigenvalue weighted by molar-refractivity contribution is 0.412. The Balaban J connectivity index is 2.59. The first-order chi connectivity index (χ1) is 11.5. The molecule has 0 atom stereocenters. The zero-order chi connectivity index (χ0) is 17.2. The van der Waals surface area contributed by atoms with E-state index in [1.807, 2.05) is 0 Å². The van der Waals surface area contributed by atoms with Gasteiger partial charge in [0.1, 0.15) is 0 Å². The monoisotopic (exact) mass is 322 g/mol. The largest absolute Gasteiger partial charge is 0.515 e. The third-order valence-corrected chi connectivity index (χ3v) is 4.30. The number of hydrogen-bond acceptors (Lipinski definition) is 6. The zero-order valence-electron chi connectivity index (χ0n) is 12.1. The number of aromatic hydroxyl groups is 2. The van der Waals surface area contributed by atoms with Crippen LogP contribution >= 0.6 is 0 Å². The Morgan fingerprint density at radius 2 is 0.958 bits per heavy atom. The van der Waals surface area contributed by atoms with Gasteiger partial charge in [-0.1, -0.05) is 0 Å². The molecule has 0 fully saturated rings. The van der Waals surface area contributed by atoms with Gasteiger partial charge in [0.25, 0.3) is 0 Å². The van der Waals surface area contributed by atoms with Gasteiger partial charge in [0, 0.05) is 42.8 Å². The van der Waals surface area contributed by atoms with Crippen molar-refractivity contribution >= 4 is 44.8 Å². The number of aliphatic hydroxyl groups excluding tert-OH is 2. The van der Waals surface area contributed by atoms with E-state index >= 15 is 0 Å². The predicted octanol–water partition coefficient (Wildman–Crippen LogP) is 0.745. The van der Waals surface area contributed by atoms with E-state index in [1.54, 1.807) is 0 Å². The molecule has 0 aliphatic rings. The third-order valence-electron chi connectivity index (χ3n) is 4.30. The fourth-order valence-electron chi connectivity index (χ4n) is 3.25. The molecule has 4 aromatic carbocycles. The van der Waals surface area contributed by atoms with E-state index in [1.165, 1.54) is 24.3 Å². The molecule has 4 aromatic rings. The lowest BCUT2D eigenvalue weighted by Gasteiger charge is -2.13. The molecule has 4 rings (SSSR count). The van der Waals surface area contributed by atoms with Gasteiger partial charge in [-0.3, -0.25) is 9.59 Å². The van der Waals surface area contributed by atoms with Crippen molar-refractivity contribution in [1.29, 1.82) is 0 Å². The van der Waals surface area contributed by atoms with E-state index in [9.17, 15) is 30.0 Å². The van der Waals surface area contributed by atoms with Crippen molar-refractivity contribution in [1.82, 2.24) is 0 Å². The van der Waals surface area contributed by atoms with Crippen LogP contribution in [0.25, 0.3) is 44.8 Å². The molecule has 0 unspecified atom stereocenters. The van der Waals surface area contributed by atoms with Gasteiger partial charge >= 0.3 is 0 Å². The second-order valence-electron chi connectivity index (χ2n) is 5.60. The normalized spacial score (nSPS) is 13.7. The maximum atomic E-state index is 12.4. The van der Waals surface area contributed by atoms with E-state index < -0.39 is 22.4 Å². The number of phenols is 2. The number of hydrogen-bond donors (Lipinski definition) is 4. The summed E-state index contributed by atoms with van der Waals surface area (Å²) in [5.74, 6) is -0.934. The fraction of sp³-hybridized carbons (Fsp3) is 0. The molecular weight excluding hydrogens is 312 g/mol. The second kappa shape index (κ2) is 4.48. The molecule has 0 amide bonds. The molecule has 0 saturated carbocycles. The summed E-state index contributed by atoms with van der Waals surface area (Å²) in [5, 5.41) is 40.6. The first-order valence-corrected chi connectivity index (χ1v) is 7.01. The molecule has 0 saturated heterocycles. The highest BCUT2D eigenvalue weighted by molar-refractivity contribution is 6.26. The van der Waals surface area contributed by atoms with Gasteiger partial charge in [-0.05, 0) is 24.3 Å². The third kappa shape index (κ3) is 1.54. The van der Waals surface area contributed by atoms with Gasteiger partial charge in [-0.25, -0.2) is 0 Å². The van der Waals surface area contributed by atoms with Crippen molar-refractivity contribution in [3.8, 4) is 11.5 Å². The van der Waals surface area contributed by atoms with Gasteiger partial charge < -0.3 is 20.4 Å². The Labute approximate surface area is 132 Å². The highest BCUT2D eigenvalue weighted by atomic mass is 16.3. The fourth-order valence-corrected chi connectivity index (χ4v) is 3.25. The van der Waals surface area contributed by atoms with Crippen LogP contribution in [0.2, 0.25) is 0 Å². The second-order valence-corrected chi connectivity index (χ2v) is 5.60. The first kappa shape index (κ1) is 14.1. The summed E-state index contributed by atoms with van der Waals surface area (Å²) in [6.07, 6.45) is 1.49. The molecule has 0 aliphatic carbocycles. The van der Waals surface area contributed by atoms with Crippen LogP contribution in [0.15, 0.2) is 33.9 Å². The number of phenolic OH excluding ortho intramolecular Hbond substituents is 2. The molecule has 0 aromatic heterocycles. The van der Waals surface area contributed by atoms with Crippen molar-refractivity contribution in [2.75, 3.05) is 0 Å². The van der Waals surface area contributed by atoms with Gasteiger partial charge in [-0.2, -0.15) is 0 Å². The Morgan fingerprint density at radius 1 is 0.625 bits per heavy atom. The minimum absolute atomic E-state index is 0.0475. The van der Waals surface area contributed by atoms with Crippen LogP contribution in [0, 0.1) is 0 Å². The quantitative estimate of drug-likeness (QED) is 0.216. The smallest absolute Gasteiger partial charge is 0.234 e. The van der Waals surface area contributed by atoms with Crippen LogP contribution in [0.3, 0.4) is 0 Å². The summed E-state index contributed by atoms with van der Waals surface area (Å²) < 4.78 is 0. The Morgan fingerprint density at radius 3 is 1.29 bits per heavy atom. The highest BCUT2D eigenvalue weighted by Gasteiger charge is 2.21. The molecule has 0 aliphatic heterocycles. The summed E-state index contributed by atoms with van der Waals surface area (Å²) in [4.78, 5) is 24.9. The van der Waals surface area contributed by atoms with E-state index in [4.69, 9.17) is 0 Å². The Kier molecular flexibility index (Phi) is 2.63. The van der Waals surface area contributed by atoms with Gasteiger partial charge in [0.2, 0.25) is 10.9 Å².